The van der Waals surface area contributed by atoms with Gasteiger partial charge in [0.2, 0.25) is 0 Å². The van der Waals surface area contributed by atoms with E-state index in [2.05, 4.69) is 34.7 Å². The van der Waals surface area contributed by atoms with E-state index in [-0.39, 0.29) is 17.4 Å². The highest BCUT2D eigenvalue weighted by Crippen LogP contribution is 2.53. The van der Waals surface area contributed by atoms with Crippen molar-refractivity contribution in [2.75, 3.05) is 34.0 Å². The Labute approximate surface area is 229 Å². The Morgan fingerprint density at radius 1 is 1.21 bits per heavy atom. The van der Waals surface area contributed by atoms with E-state index in [1.165, 1.54) is 16.7 Å². The summed E-state index contributed by atoms with van der Waals surface area (Å²) in [6, 6.07) is 10.6. The number of ether oxygens (including phenoxy) is 3. The fourth-order valence-corrected chi connectivity index (χ4v) is 6.44. The third kappa shape index (κ3) is 4.97. The number of carbonyl (C=O) groups excluding carboxylic acids is 1. The van der Waals surface area contributed by atoms with Gasteiger partial charge in [0.05, 0.1) is 44.7 Å². The lowest BCUT2D eigenvalue weighted by atomic mass is 9.92. The summed E-state index contributed by atoms with van der Waals surface area (Å²) in [7, 11) is 3.35. The molecule has 1 amide bonds. The van der Waals surface area contributed by atoms with Crippen molar-refractivity contribution in [1.29, 1.82) is 0 Å². The van der Waals surface area contributed by atoms with Crippen molar-refractivity contribution in [3.05, 3.63) is 70.5 Å². The third-order valence-corrected chi connectivity index (χ3v) is 8.81. The zero-order valence-electron chi connectivity index (χ0n) is 22.7. The number of aliphatic hydroxyl groups excluding tert-OH is 1. The van der Waals surface area contributed by atoms with Crippen molar-refractivity contribution in [3.8, 4) is 16.9 Å². The highest BCUT2D eigenvalue weighted by Gasteiger charge is 2.60. The van der Waals surface area contributed by atoms with Gasteiger partial charge in [-0.2, -0.15) is 5.10 Å². The van der Waals surface area contributed by atoms with Crippen LogP contribution in [0.2, 0.25) is 0 Å². The summed E-state index contributed by atoms with van der Waals surface area (Å²) in [5.41, 5.74) is 7.41. The molecule has 1 saturated carbocycles. The van der Waals surface area contributed by atoms with Crippen LogP contribution in [-0.4, -0.2) is 67.0 Å². The number of amides is 1. The Morgan fingerprint density at radius 3 is 2.79 bits per heavy atom. The number of methoxy groups -OCH3 is 2. The predicted molar refractivity (Wildman–Crippen MR) is 147 cm³/mol. The first-order chi connectivity index (χ1) is 19.0. The molecule has 3 aromatic rings. The van der Waals surface area contributed by atoms with E-state index >= 15 is 0 Å². The number of hydrogen-bond acceptors (Lipinski definition) is 6. The normalized spacial score (nSPS) is 23.6. The molecule has 1 spiro atoms. The van der Waals surface area contributed by atoms with Crippen LogP contribution in [0, 0.1) is 5.41 Å². The maximum atomic E-state index is 13.6. The highest BCUT2D eigenvalue weighted by molar-refractivity contribution is 5.98. The van der Waals surface area contributed by atoms with Crippen LogP contribution in [0.1, 0.15) is 51.9 Å². The molecule has 8 heteroatoms. The molecule has 6 rings (SSSR count). The average molecular weight is 532 g/mol. The van der Waals surface area contributed by atoms with Crippen molar-refractivity contribution in [3.63, 3.8) is 0 Å². The molecule has 206 valence electrons. The Kier molecular flexibility index (Phi) is 7.18. The van der Waals surface area contributed by atoms with Crippen LogP contribution >= 0.6 is 0 Å². The standard InChI is InChI=1S/C31H37N3O5/c1-37-13-11-34-18-23(17-32-34)21-8-6-20(7-9-21)14-22-15-26(29(38-2)25-5-3-4-24(22)25)30(36)33-27-16-31(27)10-12-39-19-28(31)35/h6-9,15,17-18,27-28,35H,3-5,10-14,16,19H2,1-2H3,(H,33,36)/t27?,28-,31?/m0/s1. The van der Waals surface area contributed by atoms with Crippen LogP contribution < -0.4 is 10.1 Å². The summed E-state index contributed by atoms with van der Waals surface area (Å²) in [5, 5.41) is 18.1. The van der Waals surface area contributed by atoms with Gasteiger partial charge in [-0.3, -0.25) is 9.48 Å². The molecule has 2 aromatic carbocycles. The second kappa shape index (κ2) is 10.8. The Morgan fingerprint density at radius 2 is 2.03 bits per heavy atom. The summed E-state index contributed by atoms with van der Waals surface area (Å²) in [6.07, 6.45) is 8.69. The molecule has 8 nitrogen and oxygen atoms in total. The van der Waals surface area contributed by atoms with Crippen molar-refractivity contribution >= 4 is 5.91 Å². The van der Waals surface area contributed by atoms with Crippen molar-refractivity contribution in [1.82, 2.24) is 15.1 Å². The first-order valence-electron chi connectivity index (χ1n) is 13.9. The molecule has 0 radical (unpaired) electrons. The second-order valence-electron chi connectivity index (χ2n) is 11.1. The largest absolute Gasteiger partial charge is 0.496 e. The number of benzene rings is 2. The first kappa shape index (κ1) is 26.0. The Bertz CT molecular complexity index is 1350. The summed E-state index contributed by atoms with van der Waals surface area (Å²) < 4.78 is 18.3. The minimum atomic E-state index is -0.531. The van der Waals surface area contributed by atoms with Crippen LogP contribution in [0.25, 0.3) is 11.1 Å². The molecule has 3 aliphatic rings. The molecule has 39 heavy (non-hydrogen) atoms. The molecule has 2 aliphatic carbocycles. The molecular formula is C31H37N3O5. The molecule has 0 bridgehead atoms. The van der Waals surface area contributed by atoms with E-state index in [9.17, 15) is 9.90 Å². The van der Waals surface area contributed by atoms with Gasteiger partial charge >= 0.3 is 0 Å². The van der Waals surface area contributed by atoms with E-state index in [1.54, 1.807) is 14.2 Å². The smallest absolute Gasteiger partial charge is 0.255 e. The number of fused-ring (bicyclic) bond motifs is 1. The van der Waals surface area contributed by atoms with Gasteiger partial charge in [0.25, 0.3) is 5.91 Å². The van der Waals surface area contributed by atoms with Gasteiger partial charge in [-0.05, 0) is 72.4 Å². The maximum Gasteiger partial charge on any atom is 0.255 e. The predicted octanol–water partition coefficient (Wildman–Crippen LogP) is 3.55. The van der Waals surface area contributed by atoms with E-state index in [0.29, 0.717) is 31.1 Å². The minimum absolute atomic E-state index is 0.0308. The van der Waals surface area contributed by atoms with Crippen LogP contribution in [0.15, 0.2) is 42.7 Å². The molecule has 2 fully saturated rings. The van der Waals surface area contributed by atoms with Gasteiger partial charge in [-0.25, -0.2) is 0 Å². The SMILES string of the molecule is COCCn1cc(-c2ccc(Cc3cc(C(=O)NC4CC45CCOC[C@@H]5O)c(OC)c4c3CCC4)cc2)cn1. The van der Waals surface area contributed by atoms with Crippen molar-refractivity contribution in [2.45, 2.75) is 57.2 Å². The lowest BCUT2D eigenvalue weighted by Crippen LogP contribution is -2.40. The molecule has 1 aliphatic heterocycles. The maximum absolute atomic E-state index is 13.6. The number of aliphatic hydroxyl groups is 1. The number of aromatic nitrogens is 2. The zero-order valence-corrected chi connectivity index (χ0v) is 22.7. The lowest BCUT2D eigenvalue weighted by Gasteiger charge is -2.29. The number of nitrogens with zero attached hydrogens (tertiary/aromatic N) is 2. The van der Waals surface area contributed by atoms with Gasteiger partial charge < -0.3 is 24.6 Å². The number of hydrogen-bond donors (Lipinski definition) is 2. The van der Waals surface area contributed by atoms with E-state index in [4.69, 9.17) is 14.2 Å². The molecule has 2 heterocycles. The van der Waals surface area contributed by atoms with Crippen LogP contribution in [-0.2, 0) is 35.3 Å². The summed E-state index contributed by atoms with van der Waals surface area (Å²) in [4.78, 5) is 13.6. The topological polar surface area (TPSA) is 94.8 Å². The van der Waals surface area contributed by atoms with Gasteiger partial charge in [0.1, 0.15) is 5.75 Å². The van der Waals surface area contributed by atoms with E-state index in [1.807, 2.05) is 23.1 Å². The van der Waals surface area contributed by atoms with Crippen molar-refractivity contribution < 1.29 is 24.1 Å². The number of nitrogens with one attached hydrogen (secondary N) is 1. The Hall–Kier alpha value is -3.20. The molecule has 3 atom stereocenters. The monoisotopic (exact) mass is 531 g/mol. The highest BCUT2D eigenvalue weighted by atomic mass is 16.5. The van der Waals surface area contributed by atoms with Gasteiger partial charge in [0.15, 0.2) is 0 Å². The van der Waals surface area contributed by atoms with E-state index < -0.39 is 6.10 Å². The van der Waals surface area contributed by atoms with Crippen LogP contribution in [0.3, 0.4) is 0 Å². The number of rotatable bonds is 9. The lowest BCUT2D eigenvalue weighted by molar-refractivity contribution is -0.0577. The fraction of sp³-hybridized carbons (Fsp3) is 0.484. The van der Waals surface area contributed by atoms with E-state index in [0.717, 1.165) is 61.8 Å². The molecule has 2 N–H and O–H groups in total. The average Bonchev–Trinajstić information content (AvgIpc) is 3.30. The third-order valence-electron chi connectivity index (χ3n) is 8.81. The summed E-state index contributed by atoms with van der Waals surface area (Å²) in [6.45, 7) is 2.33. The van der Waals surface area contributed by atoms with Gasteiger partial charge in [0, 0.05) is 36.9 Å². The summed E-state index contributed by atoms with van der Waals surface area (Å²) in [5.74, 6) is 0.580. The molecule has 1 saturated heterocycles. The minimum Gasteiger partial charge on any atom is -0.496 e. The van der Waals surface area contributed by atoms with Crippen LogP contribution in [0.5, 0.6) is 5.75 Å². The molecular weight excluding hydrogens is 494 g/mol. The zero-order chi connectivity index (χ0) is 27.0. The fourth-order valence-electron chi connectivity index (χ4n) is 6.44. The van der Waals surface area contributed by atoms with Gasteiger partial charge in [-0.15, -0.1) is 0 Å². The number of carbonyl (C=O) groups is 1. The molecule has 1 aromatic heterocycles. The summed E-state index contributed by atoms with van der Waals surface area (Å²) >= 11 is 0. The Balaban J connectivity index is 1.22. The quantitative estimate of drug-likeness (QED) is 0.439. The molecule has 2 unspecified atom stereocenters. The first-order valence-corrected chi connectivity index (χ1v) is 13.9. The van der Waals surface area contributed by atoms with Crippen molar-refractivity contribution in [2.24, 2.45) is 5.41 Å². The van der Waals surface area contributed by atoms with Crippen LogP contribution in [0.4, 0.5) is 0 Å². The van der Waals surface area contributed by atoms with Gasteiger partial charge in [-0.1, -0.05) is 24.3 Å². The second-order valence-corrected chi connectivity index (χ2v) is 11.1.